The lowest BCUT2D eigenvalue weighted by Gasteiger charge is -2.29. The molecule has 6 nitrogen and oxygen atoms in total. The minimum atomic E-state index is -0.376. The van der Waals surface area contributed by atoms with E-state index in [2.05, 4.69) is 15.0 Å². The Morgan fingerprint density at radius 3 is 2.68 bits per heavy atom. The van der Waals surface area contributed by atoms with Crippen molar-refractivity contribution >= 4 is 16.6 Å². The fourth-order valence-corrected chi connectivity index (χ4v) is 3.92. The van der Waals surface area contributed by atoms with Gasteiger partial charge in [0.2, 0.25) is 0 Å². The Kier molecular flexibility index (Phi) is 3.89. The fraction of sp³-hybridized carbons (Fsp3) is 0.286. The van der Waals surface area contributed by atoms with Crippen LogP contribution in [0.25, 0.3) is 27.7 Å². The van der Waals surface area contributed by atoms with Crippen molar-refractivity contribution in [2.24, 2.45) is 0 Å². The number of aromatic nitrogens is 4. The summed E-state index contributed by atoms with van der Waals surface area (Å²) in [6, 6.07) is 6.93. The number of pyridine rings is 1. The van der Waals surface area contributed by atoms with Gasteiger partial charge in [-0.05, 0) is 49.9 Å². The first-order valence-corrected chi connectivity index (χ1v) is 9.52. The summed E-state index contributed by atoms with van der Waals surface area (Å²) in [6.45, 7) is 3.57. The maximum absolute atomic E-state index is 14.4. The molecule has 142 valence electrons. The SMILES string of the molecule is Cc1cn2cc(-c3ccc4c(=O)n(N5CCCCC5)cnc4c3)cc(F)c2n1. The van der Waals surface area contributed by atoms with Crippen LogP contribution in [0.1, 0.15) is 25.0 Å². The summed E-state index contributed by atoms with van der Waals surface area (Å²) in [6.07, 6.45) is 8.61. The van der Waals surface area contributed by atoms with Crippen LogP contribution >= 0.6 is 0 Å². The molecule has 1 saturated heterocycles. The third-order valence-corrected chi connectivity index (χ3v) is 5.34. The largest absolute Gasteiger partial charge is 0.309 e. The summed E-state index contributed by atoms with van der Waals surface area (Å²) in [5.41, 5.74) is 3.14. The molecule has 0 bridgehead atoms. The van der Waals surface area contributed by atoms with Gasteiger partial charge in [0.15, 0.2) is 11.5 Å². The Balaban J connectivity index is 1.59. The molecular weight excluding hydrogens is 357 g/mol. The zero-order valence-electron chi connectivity index (χ0n) is 15.6. The van der Waals surface area contributed by atoms with Crippen LogP contribution in [-0.4, -0.2) is 32.1 Å². The second-order valence-electron chi connectivity index (χ2n) is 7.33. The maximum atomic E-state index is 14.4. The third kappa shape index (κ3) is 2.74. The lowest BCUT2D eigenvalue weighted by molar-refractivity contribution is 0.468. The van der Waals surface area contributed by atoms with Crippen molar-refractivity contribution in [3.63, 3.8) is 0 Å². The van der Waals surface area contributed by atoms with E-state index in [9.17, 15) is 9.18 Å². The maximum Gasteiger partial charge on any atom is 0.279 e. The summed E-state index contributed by atoms with van der Waals surface area (Å²) in [5.74, 6) is -0.376. The van der Waals surface area contributed by atoms with Crippen molar-refractivity contribution in [2.45, 2.75) is 26.2 Å². The topological polar surface area (TPSA) is 55.4 Å². The van der Waals surface area contributed by atoms with Crippen LogP contribution < -0.4 is 10.6 Å². The van der Waals surface area contributed by atoms with E-state index in [0.717, 1.165) is 37.2 Å². The Morgan fingerprint density at radius 2 is 1.86 bits per heavy atom. The minimum Gasteiger partial charge on any atom is -0.309 e. The van der Waals surface area contributed by atoms with Gasteiger partial charge in [0, 0.05) is 31.0 Å². The number of hydrogen-bond acceptors (Lipinski definition) is 4. The number of aryl methyl sites for hydroxylation is 1. The van der Waals surface area contributed by atoms with Gasteiger partial charge in [0.1, 0.15) is 6.33 Å². The molecular formula is C21H20FN5O. The number of benzene rings is 1. The Hall–Kier alpha value is -3.22. The summed E-state index contributed by atoms with van der Waals surface area (Å²) in [7, 11) is 0. The molecule has 0 saturated carbocycles. The van der Waals surface area contributed by atoms with Gasteiger partial charge in [-0.2, -0.15) is 0 Å². The van der Waals surface area contributed by atoms with E-state index in [0.29, 0.717) is 22.1 Å². The monoisotopic (exact) mass is 377 g/mol. The average molecular weight is 377 g/mol. The van der Waals surface area contributed by atoms with Crippen LogP contribution in [0.3, 0.4) is 0 Å². The van der Waals surface area contributed by atoms with Crippen LogP contribution in [0.15, 0.2) is 47.8 Å². The number of fused-ring (bicyclic) bond motifs is 2. The van der Waals surface area contributed by atoms with Crippen molar-refractivity contribution in [2.75, 3.05) is 18.1 Å². The number of piperidine rings is 1. The third-order valence-electron chi connectivity index (χ3n) is 5.34. The van der Waals surface area contributed by atoms with Crippen molar-refractivity contribution in [3.8, 4) is 11.1 Å². The smallest absolute Gasteiger partial charge is 0.279 e. The van der Waals surface area contributed by atoms with Gasteiger partial charge in [-0.3, -0.25) is 4.79 Å². The van der Waals surface area contributed by atoms with E-state index in [4.69, 9.17) is 0 Å². The summed E-state index contributed by atoms with van der Waals surface area (Å²) in [5, 5.41) is 2.62. The molecule has 1 aliphatic rings. The van der Waals surface area contributed by atoms with Crippen molar-refractivity contribution < 1.29 is 4.39 Å². The molecule has 1 fully saturated rings. The molecule has 0 amide bonds. The molecule has 0 atom stereocenters. The number of imidazole rings is 1. The van der Waals surface area contributed by atoms with Crippen LogP contribution in [0.5, 0.6) is 0 Å². The highest BCUT2D eigenvalue weighted by Crippen LogP contribution is 2.25. The van der Waals surface area contributed by atoms with Gasteiger partial charge >= 0.3 is 0 Å². The van der Waals surface area contributed by atoms with E-state index in [1.807, 2.05) is 25.3 Å². The van der Waals surface area contributed by atoms with Gasteiger partial charge in [-0.15, -0.1) is 0 Å². The number of halogens is 1. The highest BCUT2D eigenvalue weighted by molar-refractivity contribution is 5.83. The average Bonchev–Trinajstić information content (AvgIpc) is 3.09. The molecule has 0 spiro atoms. The molecule has 3 aromatic heterocycles. The predicted octanol–water partition coefficient (Wildman–Crippen LogP) is 3.28. The zero-order valence-corrected chi connectivity index (χ0v) is 15.6. The first-order valence-electron chi connectivity index (χ1n) is 9.52. The number of rotatable bonds is 2. The Bertz CT molecular complexity index is 1250. The van der Waals surface area contributed by atoms with Crippen LogP contribution in [0.2, 0.25) is 0 Å². The lowest BCUT2D eigenvalue weighted by atomic mass is 10.1. The lowest BCUT2D eigenvalue weighted by Crippen LogP contribution is -2.45. The van der Waals surface area contributed by atoms with Crippen molar-refractivity contribution in [1.82, 2.24) is 19.0 Å². The van der Waals surface area contributed by atoms with Gasteiger partial charge in [0.05, 0.1) is 16.6 Å². The summed E-state index contributed by atoms with van der Waals surface area (Å²) < 4.78 is 17.7. The molecule has 0 radical (unpaired) electrons. The highest BCUT2D eigenvalue weighted by Gasteiger charge is 2.15. The molecule has 0 unspecified atom stereocenters. The fourth-order valence-electron chi connectivity index (χ4n) is 3.92. The van der Waals surface area contributed by atoms with Gasteiger partial charge < -0.3 is 9.41 Å². The quantitative estimate of drug-likeness (QED) is 0.538. The first kappa shape index (κ1) is 16.9. The van der Waals surface area contributed by atoms with E-state index >= 15 is 0 Å². The molecule has 0 aliphatic carbocycles. The molecule has 7 heteroatoms. The predicted molar refractivity (Wildman–Crippen MR) is 107 cm³/mol. The van der Waals surface area contributed by atoms with Gasteiger partial charge in [-0.1, -0.05) is 6.07 Å². The number of hydrogen-bond donors (Lipinski definition) is 0. The minimum absolute atomic E-state index is 0.0645. The van der Waals surface area contributed by atoms with E-state index in [1.54, 1.807) is 27.7 Å². The molecule has 1 aliphatic heterocycles. The second kappa shape index (κ2) is 6.44. The van der Waals surface area contributed by atoms with Crippen molar-refractivity contribution in [1.29, 1.82) is 0 Å². The summed E-state index contributed by atoms with van der Waals surface area (Å²) >= 11 is 0. The normalized spacial score (nSPS) is 14.9. The molecule has 5 rings (SSSR count). The van der Waals surface area contributed by atoms with Gasteiger partial charge in [0.25, 0.3) is 5.56 Å². The Morgan fingerprint density at radius 1 is 1.04 bits per heavy atom. The van der Waals surface area contributed by atoms with E-state index in [-0.39, 0.29) is 11.4 Å². The van der Waals surface area contributed by atoms with Gasteiger partial charge in [-0.25, -0.2) is 19.0 Å². The van der Waals surface area contributed by atoms with Crippen molar-refractivity contribution in [3.05, 3.63) is 64.9 Å². The molecule has 28 heavy (non-hydrogen) atoms. The molecule has 4 heterocycles. The number of nitrogens with zero attached hydrogens (tertiary/aromatic N) is 5. The first-order chi connectivity index (χ1) is 13.6. The summed E-state index contributed by atoms with van der Waals surface area (Å²) in [4.78, 5) is 21.6. The zero-order chi connectivity index (χ0) is 19.3. The van der Waals surface area contributed by atoms with E-state index < -0.39 is 0 Å². The standard InChI is InChI=1S/C21H20FN5O/c1-14-11-25-12-16(9-18(22)20(25)24-14)15-5-6-17-19(10-15)23-13-27(21(17)28)26-7-3-2-4-8-26/h5-6,9-13H,2-4,7-8H2,1H3. The molecule has 4 aromatic rings. The van der Waals surface area contributed by atoms with E-state index in [1.165, 1.54) is 12.5 Å². The Labute approximate surface area is 160 Å². The van der Waals surface area contributed by atoms with Crippen LogP contribution in [0, 0.1) is 12.7 Å². The molecule has 0 N–H and O–H groups in total. The van der Waals surface area contributed by atoms with Crippen LogP contribution in [0.4, 0.5) is 4.39 Å². The molecule has 1 aromatic carbocycles. The van der Waals surface area contributed by atoms with Crippen LogP contribution in [-0.2, 0) is 0 Å². The highest BCUT2D eigenvalue weighted by atomic mass is 19.1. The second-order valence-corrected chi connectivity index (χ2v) is 7.33.